The lowest BCUT2D eigenvalue weighted by atomic mass is 9.95. The Morgan fingerprint density at radius 3 is 2.35 bits per heavy atom. The maximum Gasteiger partial charge on any atom is 0.269 e. The first-order valence-corrected chi connectivity index (χ1v) is 9.33. The molecule has 136 valence electrons. The summed E-state index contributed by atoms with van der Waals surface area (Å²) in [5.41, 5.74) is 1.56. The number of carbonyl (C=O) groups is 1. The number of benzene rings is 2. The standard InChI is InChI=1S/C17H17N3O5S/c1-18-17(21)16-10-12-4-2-3-5-13(12)11-19(16)26(24,25)15-8-6-14(7-9-15)20(22)23/h2-9,16H,10-11H2,1H3,(H,18,21)/t16-/m0/s1. The van der Waals surface area contributed by atoms with Gasteiger partial charge in [0, 0.05) is 25.7 Å². The molecule has 1 heterocycles. The minimum Gasteiger partial charge on any atom is -0.358 e. The van der Waals surface area contributed by atoms with Crippen LogP contribution in [0.15, 0.2) is 53.4 Å². The van der Waals surface area contributed by atoms with Crippen LogP contribution in [0.2, 0.25) is 0 Å². The Morgan fingerprint density at radius 1 is 1.15 bits per heavy atom. The van der Waals surface area contributed by atoms with E-state index >= 15 is 0 Å². The molecule has 2 aromatic carbocycles. The zero-order chi connectivity index (χ0) is 18.9. The van der Waals surface area contributed by atoms with Crippen LogP contribution in [0.1, 0.15) is 11.1 Å². The van der Waals surface area contributed by atoms with Gasteiger partial charge in [-0.25, -0.2) is 8.42 Å². The fourth-order valence-corrected chi connectivity index (χ4v) is 4.58. The number of carbonyl (C=O) groups excluding carboxylic acids is 1. The third-order valence-corrected chi connectivity index (χ3v) is 6.28. The number of nitrogens with one attached hydrogen (secondary N) is 1. The Hall–Kier alpha value is -2.78. The van der Waals surface area contributed by atoms with E-state index in [1.807, 2.05) is 24.3 Å². The summed E-state index contributed by atoms with van der Waals surface area (Å²) >= 11 is 0. The summed E-state index contributed by atoms with van der Waals surface area (Å²) in [7, 11) is -2.54. The van der Waals surface area contributed by atoms with Gasteiger partial charge in [0.15, 0.2) is 0 Å². The largest absolute Gasteiger partial charge is 0.358 e. The molecular weight excluding hydrogens is 358 g/mol. The molecule has 0 aliphatic carbocycles. The summed E-state index contributed by atoms with van der Waals surface area (Å²) in [5, 5.41) is 13.3. The van der Waals surface area contributed by atoms with Gasteiger partial charge in [-0.1, -0.05) is 24.3 Å². The average molecular weight is 375 g/mol. The number of hydrogen-bond acceptors (Lipinski definition) is 5. The smallest absolute Gasteiger partial charge is 0.269 e. The lowest BCUT2D eigenvalue weighted by Gasteiger charge is -2.34. The van der Waals surface area contributed by atoms with Crippen molar-refractivity contribution in [2.45, 2.75) is 23.9 Å². The highest BCUT2D eigenvalue weighted by molar-refractivity contribution is 7.89. The van der Waals surface area contributed by atoms with Crippen LogP contribution in [0.3, 0.4) is 0 Å². The molecule has 3 rings (SSSR count). The van der Waals surface area contributed by atoms with Gasteiger partial charge in [0.1, 0.15) is 6.04 Å². The second-order valence-corrected chi connectivity index (χ2v) is 7.79. The Morgan fingerprint density at radius 2 is 1.77 bits per heavy atom. The molecule has 1 amide bonds. The van der Waals surface area contributed by atoms with E-state index in [4.69, 9.17) is 0 Å². The fraction of sp³-hybridized carbons (Fsp3) is 0.235. The number of nitrogens with zero attached hydrogens (tertiary/aromatic N) is 2. The second kappa shape index (κ2) is 6.85. The van der Waals surface area contributed by atoms with Crippen LogP contribution in [0.25, 0.3) is 0 Å². The monoisotopic (exact) mass is 375 g/mol. The van der Waals surface area contributed by atoms with Gasteiger partial charge in [-0.2, -0.15) is 4.31 Å². The number of fused-ring (bicyclic) bond motifs is 1. The quantitative estimate of drug-likeness (QED) is 0.643. The highest BCUT2D eigenvalue weighted by atomic mass is 32.2. The first kappa shape index (κ1) is 18.0. The zero-order valence-electron chi connectivity index (χ0n) is 14.0. The number of non-ortho nitro benzene ring substituents is 1. The van der Waals surface area contributed by atoms with Crippen LogP contribution in [0.5, 0.6) is 0 Å². The number of amides is 1. The third-order valence-electron chi connectivity index (χ3n) is 4.41. The minimum absolute atomic E-state index is 0.0631. The Bertz CT molecular complexity index is 957. The van der Waals surface area contributed by atoms with Gasteiger partial charge >= 0.3 is 0 Å². The van der Waals surface area contributed by atoms with Crippen LogP contribution >= 0.6 is 0 Å². The van der Waals surface area contributed by atoms with Crippen LogP contribution in [-0.2, 0) is 27.8 Å². The summed E-state index contributed by atoms with van der Waals surface area (Å²) in [5.74, 6) is -0.398. The van der Waals surface area contributed by atoms with Gasteiger partial charge < -0.3 is 5.32 Å². The highest BCUT2D eigenvalue weighted by Crippen LogP contribution is 2.29. The molecule has 0 radical (unpaired) electrons. The first-order chi connectivity index (χ1) is 12.3. The number of nitro groups is 1. The summed E-state index contributed by atoms with van der Waals surface area (Å²) in [6.07, 6.45) is 0.266. The predicted molar refractivity (Wildman–Crippen MR) is 93.8 cm³/mol. The topological polar surface area (TPSA) is 110 Å². The highest BCUT2D eigenvalue weighted by Gasteiger charge is 2.39. The molecule has 26 heavy (non-hydrogen) atoms. The van der Waals surface area contributed by atoms with Crippen molar-refractivity contribution in [3.8, 4) is 0 Å². The number of likely N-dealkylation sites (N-methyl/N-ethyl adjacent to an activating group) is 1. The van der Waals surface area contributed by atoms with Gasteiger partial charge in [0.2, 0.25) is 15.9 Å². The number of nitro benzene ring substituents is 1. The van der Waals surface area contributed by atoms with Crippen LogP contribution in [0, 0.1) is 10.1 Å². The summed E-state index contributed by atoms with van der Waals surface area (Å²) in [6.45, 7) is 0.0631. The molecule has 0 saturated carbocycles. The second-order valence-electron chi connectivity index (χ2n) is 5.90. The van der Waals surface area contributed by atoms with Gasteiger partial charge in [-0.05, 0) is 29.7 Å². The van der Waals surface area contributed by atoms with Gasteiger partial charge in [-0.3, -0.25) is 14.9 Å². The third kappa shape index (κ3) is 3.18. The van der Waals surface area contributed by atoms with E-state index in [1.54, 1.807) is 0 Å². The zero-order valence-corrected chi connectivity index (χ0v) is 14.8. The van der Waals surface area contributed by atoms with E-state index in [1.165, 1.54) is 19.2 Å². The van der Waals surface area contributed by atoms with E-state index in [9.17, 15) is 23.3 Å². The van der Waals surface area contributed by atoms with E-state index in [-0.39, 0.29) is 23.5 Å². The van der Waals surface area contributed by atoms with Crippen molar-refractivity contribution in [1.82, 2.24) is 9.62 Å². The lowest BCUT2D eigenvalue weighted by molar-refractivity contribution is -0.384. The van der Waals surface area contributed by atoms with Crippen LogP contribution in [-0.4, -0.2) is 36.6 Å². The molecule has 9 heteroatoms. The summed E-state index contributed by atoms with van der Waals surface area (Å²) < 4.78 is 27.3. The van der Waals surface area contributed by atoms with E-state index < -0.39 is 26.9 Å². The first-order valence-electron chi connectivity index (χ1n) is 7.89. The van der Waals surface area contributed by atoms with Crippen molar-refractivity contribution < 1.29 is 18.1 Å². The van der Waals surface area contributed by atoms with Crippen molar-refractivity contribution in [3.05, 3.63) is 69.8 Å². The maximum atomic E-state index is 13.1. The maximum absolute atomic E-state index is 13.1. The molecule has 0 unspecified atom stereocenters. The normalized spacial score (nSPS) is 17.3. The average Bonchev–Trinajstić information content (AvgIpc) is 2.66. The summed E-state index contributed by atoms with van der Waals surface area (Å²) in [4.78, 5) is 22.4. The van der Waals surface area contributed by atoms with Gasteiger partial charge in [0.25, 0.3) is 5.69 Å². The van der Waals surface area contributed by atoms with Crippen LogP contribution < -0.4 is 5.32 Å². The molecule has 1 aliphatic rings. The molecule has 2 aromatic rings. The molecule has 0 aromatic heterocycles. The van der Waals surface area contributed by atoms with Crippen molar-refractivity contribution in [3.63, 3.8) is 0 Å². The fourth-order valence-electron chi connectivity index (χ4n) is 3.02. The minimum atomic E-state index is -4.00. The molecule has 0 bridgehead atoms. The molecule has 1 N–H and O–H groups in total. The SMILES string of the molecule is CNC(=O)[C@@H]1Cc2ccccc2CN1S(=O)(=O)c1ccc([N+](=O)[O-])cc1. The van der Waals surface area contributed by atoms with E-state index in [0.29, 0.717) is 0 Å². The molecule has 0 fully saturated rings. The molecule has 1 aliphatic heterocycles. The Balaban J connectivity index is 2.03. The number of hydrogen-bond donors (Lipinski definition) is 1. The van der Waals surface area contributed by atoms with Gasteiger partial charge in [0.05, 0.1) is 9.82 Å². The molecule has 1 atom stereocenters. The van der Waals surface area contributed by atoms with Crippen molar-refractivity contribution in [2.24, 2.45) is 0 Å². The van der Waals surface area contributed by atoms with Crippen molar-refractivity contribution in [2.75, 3.05) is 7.05 Å². The Labute approximate surface area is 150 Å². The Kier molecular flexibility index (Phi) is 4.75. The van der Waals surface area contributed by atoms with Gasteiger partial charge in [-0.15, -0.1) is 0 Å². The molecule has 0 saturated heterocycles. The van der Waals surface area contributed by atoms with Crippen molar-refractivity contribution in [1.29, 1.82) is 0 Å². The lowest BCUT2D eigenvalue weighted by Crippen LogP contribution is -2.51. The molecular formula is C17H17N3O5S. The number of rotatable bonds is 4. The van der Waals surface area contributed by atoms with Crippen LogP contribution in [0.4, 0.5) is 5.69 Å². The predicted octanol–water partition coefficient (Wildman–Crippen LogP) is 1.46. The molecule has 8 nitrogen and oxygen atoms in total. The summed E-state index contributed by atoms with van der Waals surface area (Å²) in [6, 6.07) is 11.1. The van der Waals surface area contributed by atoms with Crippen molar-refractivity contribution >= 4 is 21.6 Å². The number of sulfonamides is 1. The molecule has 0 spiro atoms. The van der Waals surface area contributed by atoms with E-state index in [0.717, 1.165) is 27.6 Å². The van der Waals surface area contributed by atoms with E-state index in [2.05, 4.69) is 5.32 Å².